The van der Waals surface area contributed by atoms with Gasteiger partial charge in [0.05, 0.1) is 12.0 Å². The molecule has 0 aliphatic carbocycles. The molecule has 0 rings (SSSR count). The van der Waals surface area contributed by atoms with Crippen molar-refractivity contribution < 1.29 is 0 Å². The lowest BCUT2D eigenvalue weighted by molar-refractivity contribution is 1.21. The van der Waals surface area contributed by atoms with Gasteiger partial charge >= 0.3 is 0 Å². The highest BCUT2D eigenvalue weighted by atomic mass is 14.8. The molecule has 0 aromatic heterocycles. The third-order valence-electron chi connectivity index (χ3n) is 1.36. The quantitative estimate of drug-likeness (QED) is 0.404. The molecule has 0 spiro atoms. The molecule has 80 valence electrons. The Labute approximate surface area is 86.9 Å². The summed E-state index contributed by atoms with van der Waals surface area (Å²) >= 11 is 0. The van der Waals surface area contributed by atoms with E-state index < -0.39 is 0 Å². The SMILES string of the molecule is CC.CC/C=C\C(C)=C(/C=N)N=CN. The van der Waals surface area contributed by atoms with Crippen LogP contribution in [0.4, 0.5) is 0 Å². The zero-order chi connectivity index (χ0) is 11.4. The molecule has 0 aromatic carbocycles. The van der Waals surface area contributed by atoms with Crippen LogP contribution in [0.5, 0.6) is 0 Å². The van der Waals surface area contributed by atoms with Crippen molar-refractivity contribution in [3.8, 4) is 0 Å². The van der Waals surface area contributed by atoms with Crippen molar-refractivity contribution in [3.05, 3.63) is 23.4 Å². The minimum absolute atomic E-state index is 0.599. The van der Waals surface area contributed by atoms with E-state index in [1.165, 1.54) is 12.6 Å². The van der Waals surface area contributed by atoms with Gasteiger partial charge in [-0.1, -0.05) is 32.9 Å². The Balaban J connectivity index is 0. The first-order valence-electron chi connectivity index (χ1n) is 4.88. The zero-order valence-corrected chi connectivity index (χ0v) is 9.54. The average Bonchev–Trinajstić information content (AvgIpc) is 2.25. The molecular formula is C11H21N3. The molecule has 0 amide bonds. The summed E-state index contributed by atoms with van der Waals surface area (Å²) < 4.78 is 0. The smallest absolute Gasteiger partial charge is 0.0861 e. The molecule has 0 unspecified atom stereocenters. The lowest BCUT2D eigenvalue weighted by atomic mass is 10.2. The van der Waals surface area contributed by atoms with Gasteiger partial charge in [0.2, 0.25) is 0 Å². The number of rotatable bonds is 4. The summed E-state index contributed by atoms with van der Waals surface area (Å²) in [5.41, 5.74) is 6.67. The van der Waals surface area contributed by atoms with Crippen LogP contribution in [0, 0.1) is 5.41 Å². The number of nitrogens with one attached hydrogen (secondary N) is 1. The maximum atomic E-state index is 7.04. The van der Waals surface area contributed by atoms with Gasteiger partial charge in [-0.05, 0) is 18.9 Å². The lowest BCUT2D eigenvalue weighted by Gasteiger charge is -1.95. The second-order valence-corrected chi connectivity index (χ2v) is 2.30. The van der Waals surface area contributed by atoms with Crippen LogP contribution in [0.1, 0.15) is 34.1 Å². The van der Waals surface area contributed by atoms with Gasteiger partial charge in [0.25, 0.3) is 0 Å². The van der Waals surface area contributed by atoms with E-state index in [0.29, 0.717) is 5.70 Å². The Morgan fingerprint density at radius 2 is 2.00 bits per heavy atom. The van der Waals surface area contributed by atoms with Crippen molar-refractivity contribution in [1.29, 1.82) is 5.41 Å². The maximum Gasteiger partial charge on any atom is 0.0861 e. The second kappa shape index (κ2) is 11.6. The fraction of sp³-hybridized carbons (Fsp3) is 0.455. The highest BCUT2D eigenvalue weighted by Gasteiger charge is 1.91. The molecule has 0 heterocycles. The third-order valence-corrected chi connectivity index (χ3v) is 1.36. The number of nitrogens with zero attached hydrogens (tertiary/aromatic N) is 1. The Bertz CT molecular complexity index is 225. The summed E-state index contributed by atoms with van der Waals surface area (Å²) in [6.07, 6.45) is 7.33. The average molecular weight is 195 g/mol. The molecular weight excluding hydrogens is 174 g/mol. The minimum atomic E-state index is 0.599. The Hall–Kier alpha value is -1.38. The molecule has 0 bridgehead atoms. The fourth-order valence-corrected chi connectivity index (χ4v) is 0.713. The molecule has 0 atom stereocenters. The second-order valence-electron chi connectivity index (χ2n) is 2.30. The summed E-state index contributed by atoms with van der Waals surface area (Å²) in [6, 6.07) is 0. The van der Waals surface area contributed by atoms with Crippen molar-refractivity contribution in [2.45, 2.75) is 34.1 Å². The number of aliphatic imine (C=N–C) groups is 1. The van der Waals surface area contributed by atoms with Gasteiger partial charge in [0, 0.05) is 6.21 Å². The van der Waals surface area contributed by atoms with E-state index in [0.717, 1.165) is 12.0 Å². The Kier molecular flexibility index (Phi) is 12.5. The molecule has 14 heavy (non-hydrogen) atoms. The predicted molar refractivity (Wildman–Crippen MR) is 64.9 cm³/mol. The molecule has 0 aromatic rings. The largest absolute Gasteiger partial charge is 0.390 e. The van der Waals surface area contributed by atoms with E-state index in [1.807, 2.05) is 32.9 Å². The van der Waals surface area contributed by atoms with E-state index in [2.05, 4.69) is 11.9 Å². The summed E-state index contributed by atoms with van der Waals surface area (Å²) in [5, 5.41) is 7.04. The van der Waals surface area contributed by atoms with Crippen LogP contribution in [-0.2, 0) is 0 Å². The van der Waals surface area contributed by atoms with E-state index in [-0.39, 0.29) is 0 Å². The molecule has 0 saturated heterocycles. The number of hydrogen-bond donors (Lipinski definition) is 2. The molecule has 3 heteroatoms. The van der Waals surface area contributed by atoms with Crippen LogP contribution in [-0.4, -0.2) is 12.6 Å². The van der Waals surface area contributed by atoms with Gasteiger partial charge in [-0.2, -0.15) is 0 Å². The predicted octanol–water partition coefficient (Wildman–Crippen LogP) is 2.89. The monoisotopic (exact) mass is 195 g/mol. The first-order chi connectivity index (χ1) is 6.76. The van der Waals surface area contributed by atoms with Gasteiger partial charge in [0.1, 0.15) is 0 Å². The number of hydrogen-bond acceptors (Lipinski definition) is 2. The standard InChI is InChI=1S/C9H15N3.C2H6/c1-3-4-5-8(2)9(6-10)12-7-11;1-2/h4-7,10H,3H2,1-2H3,(H2,11,12);1-2H3/b5-4-,9-8+,10-6?;. The molecule has 0 aliphatic rings. The Morgan fingerprint density at radius 1 is 1.43 bits per heavy atom. The van der Waals surface area contributed by atoms with Gasteiger partial charge in [0.15, 0.2) is 0 Å². The highest BCUT2D eigenvalue weighted by Crippen LogP contribution is 2.04. The van der Waals surface area contributed by atoms with Gasteiger partial charge in [-0.3, -0.25) is 0 Å². The molecule has 0 aliphatic heterocycles. The first-order valence-corrected chi connectivity index (χ1v) is 4.88. The first kappa shape index (κ1) is 15.1. The van der Waals surface area contributed by atoms with Gasteiger partial charge in [-0.25, -0.2) is 4.99 Å². The van der Waals surface area contributed by atoms with Crippen LogP contribution >= 0.6 is 0 Å². The molecule has 3 nitrogen and oxygen atoms in total. The van der Waals surface area contributed by atoms with Crippen molar-refractivity contribution in [3.63, 3.8) is 0 Å². The molecule has 3 N–H and O–H groups in total. The third kappa shape index (κ3) is 7.28. The summed E-state index contributed by atoms with van der Waals surface area (Å²) in [7, 11) is 0. The lowest BCUT2D eigenvalue weighted by Crippen LogP contribution is -1.92. The Morgan fingerprint density at radius 3 is 2.36 bits per heavy atom. The van der Waals surface area contributed by atoms with Crippen molar-refractivity contribution >= 4 is 12.6 Å². The van der Waals surface area contributed by atoms with E-state index in [9.17, 15) is 0 Å². The van der Waals surface area contributed by atoms with Gasteiger partial charge < -0.3 is 11.1 Å². The highest BCUT2D eigenvalue weighted by molar-refractivity contribution is 5.79. The molecule has 0 saturated carbocycles. The van der Waals surface area contributed by atoms with Crippen LogP contribution in [0.3, 0.4) is 0 Å². The van der Waals surface area contributed by atoms with Crippen molar-refractivity contribution in [2.75, 3.05) is 0 Å². The van der Waals surface area contributed by atoms with Crippen LogP contribution in [0.15, 0.2) is 28.4 Å². The molecule has 0 radical (unpaired) electrons. The van der Waals surface area contributed by atoms with E-state index in [4.69, 9.17) is 11.1 Å². The zero-order valence-electron chi connectivity index (χ0n) is 9.54. The van der Waals surface area contributed by atoms with Crippen LogP contribution in [0.2, 0.25) is 0 Å². The fourth-order valence-electron chi connectivity index (χ4n) is 0.713. The number of nitrogens with two attached hydrogens (primary N) is 1. The maximum absolute atomic E-state index is 7.04. The summed E-state index contributed by atoms with van der Waals surface area (Å²) in [6.45, 7) is 7.96. The van der Waals surface area contributed by atoms with Crippen molar-refractivity contribution in [2.24, 2.45) is 10.7 Å². The normalized spacial score (nSPS) is 12.3. The van der Waals surface area contributed by atoms with E-state index in [1.54, 1.807) is 0 Å². The minimum Gasteiger partial charge on any atom is -0.390 e. The summed E-state index contributed by atoms with van der Waals surface area (Å²) in [5.74, 6) is 0. The number of allylic oxidation sites excluding steroid dienone is 4. The van der Waals surface area contributed by atoms with Crippen LogP contribution in [0.25, 0.3) is 0 Å². The van der Waals surface area contributed by atoms with Gasteiger partial charge in [-0.15, -0.1) is 0 Å². The van der Waals surface area contributed by atoms with E-state index >= 15 is 0 Å². The van der Waals surface area contributed by atoms with Crippen molar-refractivity contribution in [1.82, 2.24) is 0 Å². The molecule has 0 fully saturated rings. The van der Waals surface area contributed by atoms with Crippen LogP contribution < -0.4 is 5.73 Å². The summed E-state index contributed by atoms with van der Waals surface area (Å²) in [4.78, 5) is 3.83. The topological polar surface area (TPSA) is 62.2 Å².